The van der Waals surface area contributed by atoms with Gasteiger partial charge in [-0.25, -0.2) is 4.39 Å². The molecule has 118 valence electrons. The van der Waals surface area contributed by atoms with Gasteiger partial charge in [-0.15, -0.1) is 0 Å². The Morgan fingerprint density at radius 3 is 2.83 bits per heavy atom. The Morgan fingerprint density at radius 1 is 1.35 bits per heavy atom. The van der Waals surface area contributed by atoms with E-state index in [1.807, 2.05) is 0 Å². The van der Waals surface area contributed by atoms with E-state index in [9.17, 15) is 9.18 Å². The third-order valence-electron chi connectivity index (χ3n) is 3.47. The third kappa shape index (κ3) is 3.30. The lowest BCUT2D eigenvalue weighted by Gasteiger charge is -2.24. The topological polar surface area (TPSA) is 57.8 Å². The molecule has 1 unspecified atom stereocenters. The summed E-state index contributed by atoms with van der Waals surface area (Å²) in [5, 5.41) is 6.92. The number of carbonyl (C=O) groups excluding carboxylic acids is 1. The molecular formula is C16H12Cl2FN3O. The van der Waals surface area contributed by atoms with Crippen molar-refractivity contribution in [3.05, 3.63) is 65.0 Å². The molecule has 7 heteroatoms. The lowest BCUT2D eigenvalue weighted by molar-refractivity contribution is 0.102. The maximum absolute atomic E-state index is 14.2. The first-order valence-corrected chi connectivity index (χ1v) is 7.57. The van der Waals surface area contributed by atoms with Gasteiger partial charge in [0.15, 0.2) is 0 Å². The van der Waals surface area contributed by atoms with Crippen molar-refractivity contribution in [1.29, 1.82) is 0 Å². The molecule has 0 fully saturated rings. The average molecular weight is 352 g/mol. The van der Waals surface area contributed by atoms with Gasteiger partial charge < -0.3 is 5.32 Å². The van der Waals surface area contributed by atoms with Crippen LogP contribution in [0.15, 0.2) is 53.8 Å². The van der Waals surface area contributed by atoms with Crippen LogP contribution in [0.2, 0.25) is 0 Å². The SMILES string of the molecule is O=C(Nc1ccccc1C1=CC=C(Cl)C(F)(Cl)C1)c1cn[nH]c1. The summed E-state index contributed by atoms with van der Waals surface area (Å²) >= 11 is 11.6. The van der Waals surface area contributed by atoms with Crippen LogP contribution in [0.4, 0.5) is 10.1 Å². The number of allylic oxidation sites excluding steroid dienone is 4. The lowest BCUT2D eigenvalue weighted by Crippen LogP contribution is -2.19. The fourth-order valence-electron chi connectivity index (χ4n) is 2.30. The van der Waals surface area contributed by atoms with Crippen molar-refractivity contribution < 1.29 is 9.18 Å². The molecule has 0 saturated heterocycles. The highest BCUT2D eigenvalue weighted by molar-refractivity contribution is 6.39. The molecule has 3 rings (SSSR count). The number of carbonyl (C=O) groups is 1. The molecule has 1 atom stereocenters. The van der Waals surface area contributed by atoms with Crippen LogP contribution in [0.25, 0.3) is 5.57 Å². The number of halogens is 3. The fourth-order valence-corrected chi connectivity index (χ4v) is 2.64. The number of nitrogens with zero attached hydrogens (tertiary/aromatic N) is 1. The summed E-state index contributed by atoms with van der Waals surface area (Å²) < 4.78 is 14.2. The van der Waals surface area contributed by atoms with Crippen molar-refractivity contribution in [3.63, 3.8) is 0 Å². The first-order chi connectivity index (χ1) is 11.0. The van der Waals surface area contributed by atoms with Crippen molar-refractivity contribution in [3.8, 4) is 0 Å². The molecular weight excluding hydrogens is 340 g/mol. The number of nitrogens with one attached hydrogen (secondary N) is 2. The quantitative estimate of drug-likeness (QED) is 0.801. The van der Waals surface area contributed by atoms with E-state index in [0.717, 1.165) is 0 Å². The van der Waals surface area contributed by atoms with Crippen LogP contribution in [0.1, 0.15) is 22.3 Å². The number of aromatic nitrogens is 2. The maximum atomic E-state index is 14.2. The van der Waals surface area contributed by atoms with Crippen LogP contribution in [0.3, 0.4) is 0 Å². The largest absolute Gasteiger partial charge is 0.321 e. The van der Waals surface area contributed by atoms with Crippen LogP contribution >= 0.6 is 23.2 Å². The summed E-state index contributed by atoms with van der Waals surface area (Å²) in [4.78, 5) is 12.2. The highest BCUT2D eigenvalue weighted by atomic mass is 35.5. The van der Waals surface area contributed by atoms with E-state index in [4.69, 9.17) is 23.2 Å². The van der Waals surface area contributed by atoms with E-state index in [0.29, 0.717) is 22.4 Å². The van der Waals surface area contributed by atoms with E-state index in [1.165, 1.54) is 18.5 Å². The molecule has 0 spiro atoms. The fraction of sp³-hybridized carbons (Fsp3) is 0.125. The summed E-state index contributed by atoms with van der Waals surface area (Å²) in [6.07, 6.45) is 5.97. The zero-order chi connectivity index (χ0) is 16.4. The molecule has 1 aromatic heterocycles. The zero-order valence-electron chi connectivity index (χ0n) is 11.8. The van der Waals surface area contributed by atoms with E-state index in [-0.39, 0.29) is 17.4 Å². The smallest absolute Gasteiger partial charge is 0.258 e. The molecule has 1 heterocycles. The van der Waals surface area contributed by atoms with Gasteiger partial charge in [-0.1, -0.05) is 47.5 Å². The number of aromatic amines is 1. The van der Waals surface area contributed by atoms with Gasteiger partial charge in [0.05, 0.1) is 16.8 Å². The Bertz CT molecular complexity index is 797. The highest BCUT2D eigenvalue weighted by Crippen LogP contribution is 2.43. The molecule has 4 nitrogen and oxygen atoms in total. The molecule has 1 aliphatic rings. The maximum Gasteiger partial charge on any atom is 0.258 e. The average Bonchev–Trinajstić information content (AvgIpc) is 3.05. The zero-order valence-corrected chi connectivity index (χ0v) is 13.3. The van der Waals surface area contributed by atoms with Crippen LogP contribution in [-0.4, -0.2) is 21.2 Å². The number of anilines is 1. The Morgan fingerprint density at radius 2 is 2.13 bits per heavy atom. The second kappa shape index (κ2) is 6.18. The first kappa shape index (κ1) is 15.8. The Hall–Kier alpha value is -2.11. The highest BCUT2D eigenvalue weighted by Gasteiger charge is 2.34. The summed E-state index contributed by atoms with van der Waals surface area (Å²) in [5.41, 5.74) is 2.30. The molecule has 1 amide bonds. The van der Waals surface area contributed by atoms with E-state index < -0.39 is 5.13 Å². The normalized spacial score (nSPS) is 20.7. The van der Waals surface area contributed by atoms with Crippen LogP contribution < -0.4 is 5.32 Å². The number of alkyl halides is 2. The number of hydrogen-bond donors (Lipinski definition) is 2. The molecule has 2 aromatic rings. The summed E-state index contributed by atoms with van der Waals surface area (Å²) in [5.74, 6) is -0.312. The molecule has 1 aliphatic carbocycles. The Labute approximate surface area is 142 Å². The monoisotopic (exact) mass is 351 g/mol. The lowest BCUT2D eigenvalue weighted by atomic mass is 9.94. The van der Waals surface area contributed by atoms with Gasteiger partial charge in [0.1, 0.15) is 0 Å². The van der Waals surface area contributed by atoms with Crippen molar-refractivity contribution in [2.24, 2.45) is 0 Å². The predicted molar refractivity (Wildman–Crippen MR) is 89.2 cm³/mol. The Balaban J connectivity index is 1.92. The number of amides is 1. The van der Waals surface area contributed by atoms with Gasteiger partial charge >= 0.3 is 0 Å². The van der Waals surface area contributed by atoms with Crippen molar-refractivity contribution in [1.82, 2.24) is 10.2 Å². The van der Waals surface area contributed by atoms with Crippen LogP contribution in [0.5, 0.6) is 0 Å². The van der Waals surface area contributed by atoms with Gasteiger partial charge in [-0.2, -0.15) is 5.10 Å². The summed E-state index contributed by atoms with van der Waals surface area (Å²) in [7, 11) is 0. The van der Waals surface area contributed by atoms with Gasteiger partial charge in [-0.3, -0.25) is 9.89 Å². The van der Waals surface area contributed by atoms with E-state index >= 15 is 0 Å². The van der Waals surface area contributed by atoms with Crippen molar-refractivity contribution >= 4 is 40.4 Å². The molecule has 1 aromatic carbocycles. The molecule has 0 aliphatic heterocycles. The standard InChI is InChI=1S/C16H12Cl2FN3O/c17-14-6-5-10(7-16(14,18)19)12-3-1-2-4-13(12)22-15(23)11-8-20-21-9-11/h1-6,8-9H,7H2,(H,20,21)(H,22,23). The third-order valence-corrected chi connectivity index (χ3v) is 4.33. The number of rotatable bonds is 3. The number of benzene rings is 1. The number of H-pyrrole nitrogens is 1. The summed E-state index contributed by atoms with van der Waals surface area (Å²) in [6.45, 7) is 0. The van der Waals surface area contributed by atoms with Gasteiger partial charge in [0.2, 0.25) is 5.13 Å². The minimum Gasteiger partial charge on any atom is -0.321 e. The first-order valence-electron chi connectivity index (χ1n) is 6.81. The number of hydrogen-bond acceptors (Lipinski definition) is 2. The number of para-hydroxylation sites is 1. The molecule has 0 radical (unpaired) electrons. The second-order valence-electron chi connectivity index (χ2n) is 5.07. The summed E-state index contributed by atoms with van der Waals surface area (Å²) in [6, 6.07) is 7.11. The minimum atomic E-state index is -2.13. The predicted octanol–water partition coefficient (Wildman–Crippen LogP) is 4.48. The second-order valence-corrected chi connectivity index (χ2v) is 6.08. The van der Waals surface area contributed by atoms with Crippen molar-refractivity contribution in [2.45, 2.75) is 11.5 Å². The molecule has 0 bridgehead atoms. The van der Waals surface area contributed by atoms with Crippen LogP contribution in [-0.2, 0) is 0 Å². The van der Waals surface area contributed by atoms with Crippen molar-refractivity contribution in [2.75, 3.05) is 5.32 Å². The van der Waals surface area contributed by atoms with Gasteiger partial charge in [0, 0.05) is 23.9 Å². The van der Waals surface area contributed by atoms with Gasteiger partial charge in [-0.05, 0) is 17.7 Å². The minimum absolute atomic E-state index is 0.0529. The molecule has 0 saturated carbocycles. The molecule has 23 heavy (non-hydrogen) atoms. The van der Waals surface area contributed by atoms with Gasteiger partial charge in [0.25, 0.3) is 5.91 Å². The Kier molecular flexibility index (Phi) is 4.24. The molecule has 2 N–H and O–H groups in total. The van der Waals surface area contributed by atoms with E-state index in [2.05, 4.69) is 15.5 Å². The van der Waals surface area contributed by atoms with Crippen LogP contribution in [0, 0.1) is 0 Å². The van der Waals surface area contributed by atoms with E-state index in [1.54, 1.807) is 30.3 Å².